The van der Waals surface area contributed by atoms with E-state index in [9.17, 15) is 14.9 Å². The summed E-state index contributed by atoms with van der Waals surface area (Å²) in [5.74, 6) is 0.251. The molecule has 4 rings (SSSR count). The number of amides is 1. The van der Waals surface area contributed by atoms with E-state index in [1.54, 1.807) is 12.1 Å². The maximum Gasteiger partial charge on any atom is 0.281 e. The van der Waals surface area contributed by atoms with Crippen molar-refractivity contribution < 1.29 is 14.5 Å². The highest BCUT2D eigenvalue weighted by Crippen LogP contribution is 2.29. The first kappa shape index (κ1) is 21.7. The number of nitrogens with one attached hydrogen (secondary N) is 1. The molecule has 9 heteroatoms. The van der Waals surface area contributed by atoms with Crippen LogP contribution in [0.2, 0.25) is 0 Å². The van der Waals surface area contributed by atoms with Crippen molar-refractivity contribution in [3.05, 3.63) is 103 Å². The summed E-state index contributed by atoms with van der Waals surface area (Å²) in [5, 5.41) is 15.6. The Kier molecular flexibility index (Phi) is 6.58. The van der Waals surface area contributed by atoms with Gasteiger partial charge in [0, 0.05) is 32.3 Å². The molecule has 0 fully saturated rings. The maximum absolute atomic E-state index is 12.5. The lowest BCUT2D eigenvalue weighted by Gasteiger charge is -2.09. The van der Waals surface area contributed by atoms with Gasteiger partial charge < -0.3 is 4.74 Å². The second kappa shape index (κ2) is 9.71. The number of nitro groups is 1. The summed E-state index contributed by atoms with van der Waals surface area (Å²) in [6, 6.07) is 21.4. The lowest BCUT2D eigenvalue weighted by atomic mass is 10.2. The fraction of sp³-hybridized carbons (Fsp3) is 0.0435. The molecule has 3 aromatic carbocycles. The average molecular weight is 510 g/mol. The van der Waals surface area contributed by atoms with Crippen LogP contribution in [0.3, 0.4) is 0 Å². The number of nitro benzene ring substituents is 1. The zero-order valence-electron chi connectivity index (χ0n) is 16.5. The van der Waals surface area contributed by atoms with Gasteiger partial charge in [0.05, 0.1) is 16.0 Å². The summed E-state index contributed by atoms with van der Waals surface area (Å²) < 4.78 is 7.69. The first-order valence-corrected chi connectivity index (χ1v) is 11.1. The van der Waals surface area contributed by atoms with Crippen LogP contribution in [0, 0.1) is 10.1 Å². The molecule has 1 heterocycles. The number of carbonyl (C=O) groups is 1. The van der Waals surface area contributed by atoms with E-state index in [1.807, 2.05) is 48.5 Å². The van der Waals surface area contributed by atoms with Crippen molar-refractivity contribution in [3.63, 3.8) is 0 Å². The van der Waals surface area contributed by atoms with E-state index in [4.69, 9.17) is 4.74 Å². The van der Waals surface area contributed by atoms with Gasteiger partial charge in [0.1, 0.15) is 12.4 Å². The van der Waals surface area contributed by atoms with Gasteiger partial charge in [0.2, 0.25) is 0 Å². The lowest BCUT2D eigenvalue weighted by molar-refractivity contribution is -0.384. The van der Waals surface area contributed by atoms with E-state index in [2.05, 4.69) is 26.5 Å². The van der Waals surface area contributed by atoms with Gasteiger partial charge in [0.15, 0.2) is 0 Å². The van der Waals surface area contributed by atoms with Crippen molar-refractivity contribution in [2.45, 2.75) is 6.61 Å². The van der Waals surface area contributed by atoms with Gasteiger partial charge >= 0.3 is 0 Å². The minimum atomic E-state index is -0.461. The van der Waals surface area contributed by atoms with Crippen LogP contribution in [0.25, 0.3) is 10.1 Å². The molecule has 4 aromatic rings. The number of fused-ring (bicyclic) bond motifs is 1. The van der Waals surface area contributed by atoms with E-state index >= 15 is 0 Å². The number of nitrogens with zero attached hydrogens (tertiary/aromatic N) is 2. The number of para-hydroxylation sites is 1. The zero-order valence-corrected chi connectivity index (χ0v) is 18.9. The first-order chi connectivity index (χ1) is 15.5. The van der Waals surface area contributed by atoms with Crippen molar-refractivity contribution in [1.82, 2.24) is 5.43 Å². The average Bonchev–Trinajstić information content (AvgIpc) is 3.23. The van der Waals surface area contributed by atoms with Gasteiger partial charge in [-0.1, -0.05) is 40.2 Å². The van der Waals surface area contributed by atoms with Crippen LogP contribution < -0.4 is 10.2 Å². The Bertz CT molecular complexity index is 1320. The zero-order chi connectivity index (χ0) is 22.5. The second-order valence-corrected chi connectivity index (χ2v) is 8.74. The summed E-state index contributed by atoms with van der Waals surface area (Å²) in [6.07, 6.45) is 1.52. The summed E-state index contributed by atoms with van der Waals surface area (Å²) in [5.41, 5.74) is 4.23. The Morgan fingerprint density at radius 1 is 1.12 bits per heavy atom. The molecule has 32 heavy (non-hydrogen) atoms. The molecule has 0 saturated carbocycles. The van der Waals surface area contributed by atoms with Gasteiger partial charge in [-0.3, -0.25) is 14.9 Å². The summed E-state index contributed by atoms with van der Waals surface area (Å²) >= 11 is 4.66. The van der Waals surface area contributed by atoms with Gasteiger partial charge in [-0.25, -0.2) is 5.43 Å². The molecule has 0 aliphatic rings. The predicted octanol–water partition coefficient (Wildman–Crippen LogP) is 5.91. The highest BCUT2D eigenvalue weighted by molar-refractivity contribution is 9.10. The van der Waals surface area contributed by atoms with E-state index in [0.29, 0.717) is 22.6 Å². The molecule has 1 aromatic heterocycles. The monoisotopic (exact) mass is 509 g/mol. The molecule has 160 valence electrons. The van der Waals surface area contributed by atoms with E-state index in [-0.39, 0.29) is 5.69 Å². The number of rotatable bonds is 7. The van der Waals surface area contributed by atoms with Gasteiger partial charge in [-0.05, 0) is 42.0 Å². The largest absolute Gasteiger partial charge is 0.488 e. The van der Waals surface area contributed by atoms with Crippen molar-refractivity contribution in [2.24, 2.45) is 5.10 Å². The number of benzene rings is 3. The predicted molar refractivity (Wildman–Crippen MR) is 128 cm³/mol. The van der Waals surface area contributed by atoms with Gasteiger partial charge in [-0.15, -0.1) is 11.3 Å². The van der Waals surface area contributed by atoms with Gasteiger partial charge in [0.25, 0.3) is 11.6 Å². The second-order valence-electron chi connectivity index (χ2n) is 6.74. The molecule has 0 saturated heterocycles. The molecule has 0 bridgehead atoms. The number of hydrogen-bond acceptors (Lipinski definition) is 6. The Balaban J connectivity index is 1.42. The molecule has 7 nitrogen and oxygen atoms in total. The molecular weight excluding hydrogens is 494 g/mol. The lowest BCUT2D eigenvalue weighted by Crippen LogP contribution is -2.16. The maximum atomic E-state index is 12.5. The molecule has 1 N–H and O–H groups in total. The fourth-order valence-electron chi connectivity index (χ4n) is 2.93. The van der Waals surface area contributed by atoms with E-state index in [1.165, 1.54) is 29.7 Å². The normalized spacial score (nSPS) is 11.0. The molecular formula is C23H16BrN3O4S. The number of ether oxygens (including phenoxy) is 1. The number of thiophene rings is 1. The van der Waals surface area contributed by atoms with Crippen LogP contribution >= 0.6 is 27.3 Å². The van der Waals surface area contributed by atoms with Crippen LogP contribution in [-0.4, -0.2) is 17.0 Å². The minimum Gasteiger partial charge on any atom is -0.488 e. The van der Waals surface area contributed by atoms with E-state index in [0.717, 1.165) is 20.3 Å². The Labute approximate surface area is 195 Å². The topological polar surface area (TPSA) is 93.8 Å². The third kappa shape index (κ3) is 5.19. The number of hydrazone groups is 1. The smallest absolute Gasteiger partial charge is 0.281 e. The van der Waals surface area contributed by atoms with Crippen LogP contribution in [0.15, 0.2) is 82.4 Å². The van der Waals surface area contributed by atoms with Crippen molar-refractivity contribution in [2.75, 3.05) is 0 Å². The standard InChI is InChI=1S/C23H16BrN3O4S/c24-18-7-5-15(6-8-18)14-31-20-4-2-1-3-16(20)13-25-26-23(28)22-12-17-11-19(27(29)30)9-10-21(17)32-22/h1-13H,14H2,(H,26,28)/b25-13-. The molecule has 0 atom stereocenters. The molecule has 0 aliphatic heterocycles. The SMILES string of the molecule is O=C(N/N=C\c1ccccc1OCc1ccc(Br)cc1)c1cc2cc([N+](=O)[O-])ccc2s1. The molecule has 0 radical (unpaired) electrons. The van der Waals surface area contributed by atoms with Crippen LogP contribution in [0.1, 0.15) is 20.8 Å². The number of non-ortho nitro benzene ring substituents is 1. The highest BCUT2D eigenvalue weighted by atomic mass is 79.9. The molecule has 0 spiro atoms. The third-order valence-electron chi connectivity index (χ3n) is 4.53. The highest BCUT2D eigenvalue weighted by Gasteiger charge is 2.13. The summed E-state index contributed by atoms with van der Waals surface area (Å²) in [4.78, 5) is 23.3. The number of hydrogen-bond donors (Lipinski definition) is 1. The summed E-state index contributed by atoms with van der Waals surface area (Å²) in [7, 11) is 0. The quantitative estimate of drug-likeness (QED) is 0.190. The fourth-order valence-corrected chi connectivity index (χ4v) is 4.13. The van der Waals surface area contributed by atoms with Crippen LogP contribution in [0.5, 0.6) is 5.75 Å². The molecule has 0 unspecified atom stereocenters. The Morgan fingerprint density at radius 3 is 2.69 bits per heavy atom. The Hall–Kier alpha value is -3.56. The first-order valence-electron chi connectivity index (χ1n) is 9.47. The number of carbonyl (C=O) groups excluding carboxylic acids is 1. The number of halogens is 1. The van der Waals surface area contributed by atoms with Gasteiger partial charge in [-0.2, -0.15) is 5.10 Å². The van der Waals surface area contributed by atoms with Crippen LogP contribution in [0.4, 0.5) is 5.69 Å². The van der Waals surface area contributed by atoms with Crippen molar-refractivity contribution in [1.29, 1.82) is 0 Å². The molecule has 1 amide bonds. The summed E-state index contributed by atoms with van der Waals surface area (Å²) in [6.45, 7) is 0.401. The van der Waals surface area contributed by atoms with Crippen molar-refractivity contribution in [3.8, 4) is 5.75 Å². The van der Waals surface area contributed by atoms with Crippen LogP contribution in [-0.2, 0) is 6.61 Å². The third-order valence-corrected chi connectivity index (χ3v) is 6.17. The molecule has 0 aliphatic carbocycles. The minimum absolute atomic E-state index is 0.0139. The Morgan fingerprint density at radius 2 is 1.91 bits per heavy atom. The van der Waals surface area contributed by atoms with Crippen molar-refractivity contribution >= 4 is 55.2 Å². The van der Waals surface area contributed by atoms with E-state index < -0.39 is 10.8 Å².